The Bertz CT molecular complexity index is 964. The Kier molecular flexibility index (Phi) is 5.00. The molecule has 1 aliphatic rings. The van der Waals surface area contributed by atoms with Gasteiger partial charge in [-0.15, -0.1) is 5.10 Å². The van der Waals surface area contributed by atoms with Crippen LogP contribution in [0.25, 0.3) is 11.7 Å². The molecule has 0 aliphatic carbocycles. The zero-order valence-electron chi connectivity index (χ0n) is 15.3. The lowest BCUT2D eigenvalue weighted by molar-refractivity contribution is -0.941. The van der Waals surface area contributed by atoms with Crippen LogP contribution in [0.3, 0.4) is 0 Å². The van der Waals surface area contributed by atoms with Crippen molar-refractivity contribution in [1.29, 1.82) is 0 Å². The summed E-state index contributed by atoms with van der Waals surface area (Å²) in [6.07, 6.45) is 3.80. The van der Waals surface area contributed by atoms with Crippen molar-refractivity contribution in [2.45, 2.75) is 25.6 Å². The van der Waals surface area contributed by atoms with E-state index in [0.717, 1.165) is 30.9 Å². The molecule has 3 heterocycles. The second-order valence-electron chi connectivity index (χ2n) is 6.52. The fraction of sp³-hybridized carbons (Fsp3) is 0.368. The number of rotatable bonds is 6. The molecule has 0 spiro atoms. The number of hydrogen-bond acceptors (Lipinski definition) is 6. The molecule has 0 bridgehead atoms. The molecule has 2 atom stereocenters. The Balaban J connectivity index is 1.59. The Morgan fingerprint density at radius 3 is 2.93 bits per heavy atom. The van der Waals surface area contributed by atoms with Crippen LogP contribution in [0.4, 0.5) is 0 Å². The highest BCUT2D eigenvalue weighted by molar-refractivity contribution is 7.71. The average Bonchev–Trinajstić information content (AvgIpc) is 3.43. The van der Waals surface area contributed by atoms with Gasteiger partial charge in [0.1, 0.15) is 17.5 Å². The number of quaternary nitrogens is 1. The van der Waals surface area contributed by atoms with E-state index in [1.165, 1.54) is 10.5 Å². The molecule has 7 nitrogen and oxygen atoms in total. The zero-order valence-corrected chi connectivity index (χ0v) is 16.1. The zero-order chi connectivity index (χ0) is 18.8. The molecular formula is C19H22N3O4S+. The number of methoxy groups -OCH3 is 2. The van der Waals surface area contributed by atoms with E-state index >= 15 is 0 Å². The van der Waals surface area contributed by atoms with Crippen LogP contribution >= 0.6 is 12.2 Å². The fourth-order valence-electron chi connectivity index (χ4n) is 3.68. The molecule has 2 aromatic heterocycles. The van der Waals surface area contributed by atoms with E-state index in [4.69, 9.17) is 30.5 Å². The number of ether oxygens (including phenoxy) is 2. The highest BCUT2D eigenvalue weighted by Gasteiger charge is 2.33. The predicted molar refractivity (Wildman–Crippen MR) is 100 cm³/mol. The summed E-state index contributed by atoms with van der Waals surface area (Å²) in [7, 11) is 3.35. The monoisotopic (exact) mass is 388 g/mol. The predicted octanol–water partition coefficient (Wildman–Crippen LogP) is 2.86. The van der Waals surface area contributed by atoms with Gasteiger partial charge >= 0.3 is 0 Å². The van der Waals surface area contributed by atoms with Gasteiger partial charge in [0, 0.05) is 18.9 Å². The third-order valence-electron chi connectivity index (χ3n) is 4.99. The van der Waals surface area contributed by atoms with E-state index in [1.807, 2.05) is 12.1 Å². The second-order valence-corrected chi connectivity index (χ2v) is 6.87. The van der Waals surface area contributed by atoms with E-state index in [0.29, 0.717) is 29.2 Å². The van der Waals surface area contributed by atoms with Crippen molar-refractivity contribution in [2.75, 3.05) is 20.8 Å². The number of furan rings is 1. The van der Waals surface area contributed by atoms with Crippen molar-refractivity contribution in [3.63, 3.8) is 0 Å². The summed E-state index contributed by atoms with van der Waals surface area (Å²) in [5.74, 6) is 2.61. The van der Waals surface area contributed by atoms with Crippen LogP contribution in [0.15, 0.2) is 45.4 Å². The molecule has 1 aliphatic heterocycles. The number of hydrogen-bond donors (Lipinski definition) is 1. The van der Waals surface area contributed by atoms with Crippen molar-refractivity contribution in [3.8, 4) is 23.1 Å². The van der Waals surface area contributed by atoms with Crippen LogP contribution in [0.5, 0.6) is 11.5 Å². The van der Waals surface area contributed by atoms with Gasteiger partial charge in [-0.3, -0.25) is 0 Å². The van der Waals surface area contributed by atoms with Gasteiger partial charge in [-0.1, -0.05) is 0 Å². The molecule has 1 fully saturated rings. The number of nitrogens with zero attached hydrogens (tertiary/aromatic N) is 2. The summed E-state index contributed by atoms with van der Waals surface area (Å²) in [5, 5.41) is 4.49. The molecule has 1 aromatic carbocycles. The van der Waals surface area contributed by atoms with Crippen molar-refractivity contribution in [3.05, 3.63) is 47.0 Å². The smallest absolute Gasteiger partial charge is 0.292 e. The van der Waals surface area contributed by atoms with Crippen molar-refractivity contribution in [1.82, 2.24) is 9.78 Å². The Hall–Kier alpha value is -2.58. The standard InChI is InChI=1S/C19H21N3O4S/c1-23-13-7-8-14(17(11-13)24-2)15-5-3-9-21(15)12-22-19(27)26-18(20-22)16-6-4-10-25-16/h4,6-8,10-11,15H,3,5,9,12H2,1-2H3/p+1/t15-/m0/s1. The molecule has 4 rings (SSSR count). The Morgan fingerprint density at radius 2 is 2.19 bits per heavy atom. The summed E-state index contributed by atoms with van der Waals surface area (Å²) in [4.78, 5) is 1.72. The van der Waals surface area contributed by atoms with Gasteiger partial charge in [-0.2, -0.15) is 4.68 Å². The number of nitrogens with one attached hydrogen (secondary N) is 1. The summed E-state index contributed by atoms with van der Waals surface area (Å²) >= 11 is 5.36. The maximum Gasteiger partial charge on any atom is 0.292 e. The van der Waals surface area contributed by atoms with Gasteiger partial charge in [-0.25, -0.2) is 0 Å². The Labute approximate surface area is 162 Å². The molecule has 1 N–H and O–H groups in total. The van der Waals surface area contributed by atoms with Crippen LogP contribution < -0.4 is 14.4 Å². The normalized spacial score (nSPS) is 19.3. The lowest BCUT2D eigenvalue weighted by Gasteiger charge is -2.23. The minimum atomic E-state index is 0.302. The molecule has 142 valence electrons. The van der Waals surface area contributed by atoms with E-state index in [9.17, 15) is 0 Å². The minimum Gasteiger partial charge on any atom is -0.497 e. The van der Waals surface area contributed by atoms with Gasteiger partial charge in [0.25, 0.3) is 10.7 Å². The number of benzene rings is 1. The number of likely N-dealkylation sites (tertiary alicyclic amines) is 1. The van der Waals surface area contributed by atoms with Crippen molar-refractivity contribution < 1.29 is 23.2 Å². The molecule has 27 heavy (non-hydrogen) atoms. The molecular weight excluding hydrogens is 366 g/mol. The largest absolute Gasteiger partial charge is 0.497 e. The molecule has 0 radical (unpaired) electrons. The molecule has 1 saturated heterocycles. The highest BCUT2D eigenvalue weighted by Crippen LogP contribution is 2.31. The van der Waals surface area contributed by atoms with Gasteiger partial charge in [0.2, 0.25) is 0 Å². The summed E-state index contributed by atoms with van der Waals surface area (Å²) in [6.45, 7) is 1.66. The molecule has 3 aromatic rings. The minimum absolute atomic E-state index is 0.302. The average molecular weight is 388 g/mol. The van der Waals surface area contributed by atoms with Gasteiger partial charge < -0.3 is 23.2 Å². The topological polar surface area (TPSA) is 67.0 Å². The van der Waals surface area contributed by atoms with Crippen LogP contribution in [0.1, 0.15) is 24.4 Å². The maximum atomic E-state index is 5.61. The van der Waals surface area contributed by atoms with E-state index < -0.39 is 0 Å². The second kappa shape index (κ2) is 7.58. The molecule has 0 saturated carbocycles. The molecule has 0 amide bonds. The molecule has 8 heteroatoms. The van der Waals surface area contributed by atoms with E-state index in [1.54, 1.807) is 37.3 Å². The SMILES string of the molecule is COc1ccc([C@@H]2CCC[NH+]2Cn2nc(-c3ccco3)oc2=S)c(OC)c1. The summed E-state index contributed by atoms with van der Waals surface area (Å²) in [5.41, 5.74) is 1.17. The third kappa shape index (κ3) is 3.50. The van der Waals surface area contributed by atoms with Crippen LogP contribution in [-0.4, -0.2) is 30.5 Å². The van der Waals surface area contributed by atoms with E-state index in [2.05, 4.69) is 11.2 Å². The van der Waals surface area contributed by atoms with Crippen molar-refractivity contribution >= 4 is 12.2 Å². The maximum absolute atomic E-state index is 5.61. The lowest BCUT2D eigenvalue weighted by atomic mass is 10.0. The first-order valence-electron chi connectivity index (χ1n) is 8.88. The Morgan fingerprint density at radius 1 is 1.30 bits per heavy atom. The lowest BCUT2D eigenvalue weighted by Crippen LogP contribution is -3.09. The summed E-state index contributed by atoms with van der Waals surface area (Å²) < 4.78 is 23.6. The highest BCUT2D eigenvalue weighted by atomic mass is 32.1. The van der Waals surface area contributed by atoms with E-state index in [-0.39, 0.29) is 0 Å². The first-order chi connectivity index (χ1) is 13.2. The van der Waals surface area contributed by atoms with Crippen LogP contribution in [-0.2, 0) is 6.67 Å². The van der Waals surface area contributed by atoms with Crippen molar-refractivity contribution in [2.24, 2.45) is 0 Å². The first-order valence-corrected chi connectivity index (χ1v) is 9.28. The van der Waals surface area contributed by atoms with Crippen LogP contribution in [0.2, 0.25) is 0 Å². The van der Waals surface area contributed by atoms with Gasteiger partial charge in [0.05, 0.1) is 32.6 Å². The first kappa shape index (κ1) is 17.8. The summed E-state index contributed by atoms with van der Waals surface area (Å²) in [6, 6.07) is 9.90. The quantitative estimate of drug-likeness (QED) is 0.655. The number of aromatic nitrogens is 2. The fourth-order valence-corrected chi connectivity index (χ4v) is 3.87. The van der Waals surface area contributed by atoms with Gasteiger partial charge in [0.15, 0.2) is 12.4 Å². The molecule has 1 unspecified atom stereocenters. The van der Waals surface area contributed by atoms with Crippen LogP contribution in [0, 0.1) is 4.84 Å². The van der Waals surface area contributed by atoms with Gasteiger partial charge in [-0.05, 0) is 36.5 Å². The third-order valence-corrected chi connectivity index (χ3v) is 5.28.